The number of hydrogen-bond donors (Lipinski definition) is 3. The standard InChI is InChI=1S/C48H65NO5S/c1-31-11-14-39(55-31)42(52)38-25-46-21-22-48(38)40(44(46,4)18-15-35(50)24-46)16-19-45(5)41(48)17-20-47(45,53)30-49(26-33-12-13-34-23-37(33)43(34,2)3)27-36(51)29-54-28-32-9-7-6-8-10-32/h6-11,14,21-22,25,33-37,40-41,50-51,53H,12-13,15-20,23-24,26-30H2,1-5H3/t33-,34-,35?,36+,37-,40+,41+,44+,45-,46-,47+,48+/m0/s1. The molecule has 0 amide bonds. The number of ketones is 1. The Bertz CT molecular complexity index is 1850. The molecule has 1 unspecified atom stereocenters. The minimum atomic E-state index is -0.967. The molecule has 1 aromatic carbocycles. The minimum Gasteiger partial charge on any atom is -0.393 e. The molecule has 0 aliphatic heterocycles. The maximum absolute atomic E-state index is 14.9. The number of aryl methyl sites for hydroxylation is 1. The van der Waals surface area contributed by atoms with E-state index in [1.54, 1.807) is 11.3 Å². The Hall–Kier alpha value is -2.13. The summed E-state index contributed by atoms with van der Waals surface area (Å²) < 4.78 is 6.06. The average molecular weight is 768 g/mol. The fourth-order valence-electron chi connectivity index (χ4n) is 14.6. The number of allylic oxidation sites excluding steroid dienone is 4. The summed E-state index contributed by atoms with van der Waals surface area (Å²) in [5, 5.41) is 36.0. The lowest BCUT2D eigenvalue weighted by Crippen LogP contribution is -2.67. The van der Waals surface area contributed by atoms with Crippen LogP contribution < -0.4 is 0 Å². The summed E-state index contributed by atoms with van der Waals surface area (Å²) in [7, 11) is 0. The first-order valence-electron chi connectivity index (χ1n) is 21.6. The second-order valence-electron chi connectivity index (χ2n) is 20.6. The lowest BCUT2D eigenvalue weighted by molar-refractivity contribution is -0.179. The Morgan fingerprint density at radius 1 is 0.945 bits per heavy atom. The number of aliphatic hydroxyl groups is 3. The van der Waals surface area contributed by atoms with Gasteiger partial charge in [0.25, 0.3) is 0 Å². The monoisotopic (exact) mass is 767 g/mol. The number of carbonyl (C=O) groups is 1. The highest BCUT2D eigenvalue weighted by Gasteiger charge is 2.74. The number of aliphatic hydroxyl groups excluding tert-OH is 2. The predicted octanol–water partition coefficient (Wildman–Crippen LogP) is 8.78. The summed E-state index contributed by atoms with van der Waals surface area (Å²) in [5.74, 6) is 2.59. The summed E-state index contributed by atoms with van der Waals surface area (Å²) in [4.78, 5) is 19.3. The third-order valence-corrected chi connectivity index (χ3v) is 18.8. The number of thiophene rings is 1. The van der Waals surface area contributed by atoms with E-state index in [0.29, 0.717) is 49.8 Å². The van der Waals surface area contributed by atoms with Crippen molar-refractivity contribution < 1.29 is 24.9 Å². The SMILES string of the molecule is Cc1ccc(C(=O)C2=C[C@@]34C=C[C@@]25[C@@H]2CC[C@@](O)(CN(C[C@@H](O)COCc6ccccc6)C[C@@H]6CC[C@H]7C[C@@H]6C7(C)C)[C@@]2(C)CC[C@@H]5[C@@]3(C)CCC(O)C4)s1. The van der Waals surface area contributed by atoms with Gasteiger partial charge in [0.15, 0.2) is 5.78 Å². The molecular weight excluding hydrogens is 703 g/mol. The van der Waals surface area contributed by atoms with Crippen LogP contribution in [0.25, 0.3) is 0 Å². The van der Waals surface area contributed by atoms with Gasteiger partial charge in [-0.1, -0.05) is 76.3 Å². The van der Waals surface area contributed by atoms with E-state index in [4.69, 9.17) is 4.74 Å². The summed E-state index contributed by atoms with van der Waals surface area (Å²) >= 11 is 1.59. The zero-order chi connectivity index (χ0) is 38.6. The zero-order valence-corrected chi connectivity index (χ0v) is 34.8. The molecule has 4 bridgehead atoms. The first-order valence-corrected chi connectivity index (χ1v) is 22.4. The molecule has 12 atom stereocenters. The Morgan fingerprint density at radius 3 is 2.42 bits per heavy atom. The van der Waals surface area contributed by atoms with Crippen LogP contribution in [0, 0.1) is 63.6 Å². The molecule has 11 rings (SSSR count). The average Bonchev–Trinajstić information content (AvgIpc) is 3.71. The van der Waals surface area contributed by atoms with E-state index in [2.05, 4.69) is 75.9 Å². The van der Waals surface area contributed by atoms with Crippen LogP contribution in [0.3, 0.4) is 0 Å². The van der Waals surface area contributed by atoms with Crippen LogP contribution in [0.2, 0.25) is 0 Å². The van der Waals surface area contributed by atoms with E-state index in [-0.39, 0.29) is 41.2 Å². The van der Waals surface area contributed by atoms with Crippen molar-refractivity contribution in [2.75, 3.05) is 26.2 Å². The van der Waals surface area contributed by atoms with Crippen LogP contribution in [0.4, 0.5) is 0 Å². The molecule has 2 spiro atoms. The molecule has 1 aromatic heterocycles. The molecule has 298 valence electrons. The number of hydrogen-bond acceptors (Lipinski definition) is 7. The predicted molar refractivity (Wildman–Crippen MR) is 219 cm³/mol. The normalized spacial score (nSPS) is 42.6. The first kappa shape index (κ1) is 38.4. The Kier molecular flexibility index (Phi) is 9.39. The maximum Gasteiger partial charge on any atom is 0.199 e. The Morgan fingerprint density at radius 2 is 1.69 bits per heavy atom. The lowest BCUT2D eigenvalue weighted by Gasteiger charge is -2.71. The quantitative estimate of drug-likeness (QED) is 0.148. The van der Waals surface area contributed by atoms with Crippen LogP contribution in [0.15, 0.2) is 66.3 Å². The van der Waals surface area contributed by atoms with E-state index in [1.165, 1.54) is 19.3 Å². The van der Waals surface area contributed by atoms with E-state index in [1.807, 2.05) is 24.3 Å². The summed E-state index contributed by atoms with van der Waals surface area (Å²) in [6.45, 7) is 14.4. The van der Waals surface area contributed by atoms with Gasteiger partial charge in [0.1, 0.15) is 0 Å². The lowest BCUT2D eigenvalue weighted by atomic mass is 9.32. The highest BCUT2D eigenvalue weighted by molar-refractivity contribution is 7.14. The maximum atomic E-state index is 14.9. The zero-order valence-electron chi connectivity index (χ0n) is 33.9. The van der Waals surface area contributed by atoms with Crippen LogP contribution in [0.1, 0.15) is 112 Å². The highest BCUT2D eigenvalue weighted by atomic mass is 32.1. The fourth-order valence-corrected chi connectivity index (χ4v) is 15.4. The first-order chi connectivity index (χ1) is 26.1. The summed E-state index contributed by atoms with van der Waals surface area (Å²) in [5.41, 5.74) is 0.155. The van der Waals surface area contributed by atoms with Gasteiger partial charge in [0.2, 0.25) is 0 Å². The fraction of sp³-hybridized carbons (Fsp3) is 0.688. The van der Waals surface area contributed by atoms with Crippen molar-refractivity contribution in [3.63, 3.8) is 0 Å². The van der Waals surface area contributed by atoms with Crippen molar-refractivity contribution in [2.45, 2.75) is 123 Å². The van der Waals surface area contributed by atoms with Gasteiger partial charge in [-0.15, -0.1) is 11.3 Å². The Labute approximate surface area is 333 Å². The van der Waals surface area contributed by atoms with Gasteiger partial charge in [0.05, 0.1) is 35.9 Å². The molecule has 6 saturated carbocycles. The van der Waals surface area contributed by atoms with E-state index in [0.717, 1.165) is 65.5 Å². The number of carbonyl (C=O) groups excluding carboxylic acids is 1. The Balaban J connectivity index is 1.03. The molecule has 3 N–H and O–H groups in total. The highest BCUT2D eigenvalue weighted by Crippen LogP contribution is 2.78. The third kappa shape index (κ3) is 5.74. The molecule has 0 saturated heterocycles. The number of rotatable bonds is 12. The summed E-state index contributed by atoms with van der Waals surface area (Å²) in [6.07, 6.45) is 15.8. The van der Waals surface area contributed by atoms with Gasteiger partial charge >= 0.3 is 0 Å². The van der Waals surface area contributed by atoms with Gasteiger partial charge in [-0.2, -0.15) is 0 Å². The number of benzene rings is 1. The second kappa shape index (κ2) is 13.5. The molecule has 7 heteroatoms. The van der Waals surface area contributed by atoms with Crippen molar-refractivity contribution in [3.05, 3.63) is 81.6 Å². The van der Waals surface area contributed by atoms with Crippen molar-refractivity contribution >= 4 is 17.1 Å². The van der Waals surface area contributed by atoms with Gasteiger partial charge in [0, 0.05) is 46.3 Å². The minimum absolute atomic E-state index is 0.0531. The smallest absolute Gasteiger partial charge is 0.199 e. The molecule has 9 aliphatic carbocycles. The van der Waals surface area contributed by atoms with Crippen molar-refractivity contribution in [2.24, 2.45) is 56.7 Å². The number of nitrogens with zero attached hydrogens (tertiary/aromatic N) is 1. The second-order valence-corrected chi connectivity index (χ2v) is 21.9. The number of fused-ring (bicyclic) bond motifs is 3. The van der Waals surface area contributed by atoms with Crippen molar-refractivity contribution in [1.29, 1.82) is 0 Å². The van der Waals surface area contributed by atoms with E-state index < -0.39 is 22.5 Å². The molecule has 55 heavy (non-hydrogen) atoms. The van der Waals surface area contributed by atoms with Crippen LogP contribution in [-0.4, -0.2) is 70.1 Å². The van der Waals surface area contributed by atoms with Gasteiger partial charge in [-0.3, -0.25) is 9.69 Å². The van der Waals surface area contributed by atoms with Gasteiger partial charge < -0.3 is 20.1 Å². The van der Waals surface area contributed by atoms with Crippen LogP contribution >= 0.6 is 11.3 Å². The molecule has 2 aromatic rings. The van der Waals surface area contributed by atoms with E-state index in [9.17, 15) is 20.1 Å². The third-order valence-electron chi connectivity index (χ3n) is 17.8. The number of Topliss-reactive ketones (excluding diaryl/α,β-unsaturated/α-hetero) is 1. The van der Waals surface area contributed by atoms with Gasteiger partial charge in [-0.25, -0.2) is 0 Å². The van der Waals surface area contributed by atoms with Crippen LogP contribution in [-0.2, 0) is 11.3 Å². The van der Waals surface area contributed by atoms with E-state index >= 15 is 0 Å². The van der Waals surface area contributed by atoms with Crippen LogP contribution in [0.5, 0.6) is 0 Å². The molecule has 6 nitrogen and oxygen atoms in total. The summed E-state index contributed by atoms with van der Waals surface area (Å²) in [6, 6.07) is 14.2. The van der Waals surface area contributed by atoms with Crippen molar-refractivity contribution in [1.82, 2.24) is 4.90 Å². The largest absolute Gasteiger partial charge is 0.393 e. The van der Waals surface area contributed by atoms with Crippen molar-refractivity contribution in [3.8, 4) is 0 Å². The molecule has 9 aliphatic rings. The molecule has 1 heterocycles. The number of ether oxygens (including phenoxy) is 1. The molecular formula is C48H65NO5S. The molecule has 0 radical (unpaired) electrons. The molecule has 6 fully saturated rings. The topological polar surface area (TPSA) is 90.2 Å². The van der Waals surface area contributed by atoms with Gasteiger partial charge in [-0.05, 0) is 129 Å².